The van der Waals surface area contributed by atoms with Crippen LogP contribution in [0.25, 0.3) is 0 Å². The molecule has 0 saturated heterocycles. The summed E-state index contributed by atoms with van der Waals surface area (Å²) >= 11 is 0. The Kier molecular flexibility index (Phi) is 3.10. The third kappa shape index (κ3) is 2.59. The van der Waals surface area contributed by atoms with Crippen LogP contribution in [0.5, 0.6) is 0 Å². The number of hydrogen-bond donors (Lipinski definition) is 1. The zero-order chi connectivity index (χ0) is 10.8. The summed E-state index contributed by atoms with van der Waals surface area (Å²) in [6.45, 7) is 7.62. The van der Waals surface area contributed by atoms with Crippen LogP contribution >= 0.6 is 0 Å². The Morgan fingerprint density at radius 1 is 1.53 bits per heavy atom. The Morgan fingerprint density at radius 2 is 2.27 bits per heavy atom. The number of hydrogen-bond acceptors (Lipinski definition) is 2. The molecule has 1 aromatic heterocycles. The average molecular weight is 207 g/mol. The van der Waals surface area contributed by atoms with Crippen LogP contribution in [0.4, 0.5) is 0 Å². The predicted octanol–water partition coefficient (Wildman–Crippen LogP) is 2.15. The zero-order valence-electron chi connectivity index (χ0n) is 9.90. The van der Waals surface area contributed by atoms with Crippen molar-refractivity contribution < 1.29 is 0 Å². The van der Waals surface area contributed by atoms with Gasteiger partial charge in [-0.3, -0.25) is 4.68 Å². The number of rotatable bonds is 5. The summed E-state index contributed by atoms with van der Waals surface area (Å²) in [6.07, 6.45) is 6.87. The quantitative estimate of drug-likeness (QED) is 0.801. The van der Waals surface area contributed by atoms with Crippen molar-refractivity contribution in [3.63, 3.8) is 0 Å². The summed E-state index contributed by atoms with van der Waals surface area (Å²) in [5.74, 6) is 0.547. The fraction of sp³-hybridized carbons (Fsp3) is 0.750. The van der Waals surface area contributed by atoms with Gasteiger partial charge in [0.2, 0.25) is 0 Å². The minimum Gasteiger partial charge on any atom is -0.311 e. The topological polar surface area (TPSA) is 29.9 Å². The number of nitrogens with one attached hydrogen (secondary N) is 1. The number of nitrogens with zero attached hydrogens (tertiary/aromatic N) is 2. The number of aromatic nitrogens is 2. The lowest BCUT2D eigenvalue weighted by molar-refractivity contribution is 0.478. The van der Waals surface area contributed by atoms with Gasteiger partial charge in [0.1, 0.15) is 0 Å². The molecule has 2 atom stereocenters. The third-order valence-corrected chi connectivity index (χ3v) is 3.33. The molecule has 84 valence electrons. The van der Waals surface area contributed by atoms with Crippen LogP contribution in [0.15, 0.2) is 12.4 Å². The Morgan fingerprint density at radius 3 is 2.80 bits per heavy atom. The van der Waals surface area contributed by atoms with Gasteiger partial charge in [0.25, 0.3) is 0 Å². The molecule has 2 unspecified atom stereocenters. The smallest absolute Gasteiger partial charge is 0.0525 e. The van der Waals surface area contributed by atoms with E-state index in [4.69, 9.17) is 0 Å². The molecule has 0 spiro atoms. The van der Waals surface area contributed by atoms with Crippen LogP contribution in [0.1, 0.15) is 45.1 Å². The van der Waals surface area contributed by atoms with E-state index in [0.717, 1.165) is 12.6 Å². The molecule has 1 aromatic rings. The fourth-order valence-electron chi connectivity index (χ4n) is 1.84. The summed E-state index contributed by atoms with van der Waals surface area (Å²) in [5, 5.41) is 7.96. The molecule has 15 heavy (non-hydrogen) atoms. The summed E-state index contributed by atoms with van der Waals surface area (Å²) < 4.78 is 2.00. The molecule has 0 bridgehead atoms. The van der Waals surface area contributed by atoms with Crippen LogP contribution < -0.4 is 5.32 Å². The largest absolute Gasteiger partial charge is 0.311 e. The Hall–Kier alpha value is -0.830. The normalized spacial score (nSPS) is 20.2. The minimum atomic E-state index is 0.547. The summed E-state index contributed by atoms with van der Waals surface area (Å²) in [7, 11) is 0. The average Bonchev–Trinajstić information content (AvgIpc) is 2.92. The highest BCUT2D eigenvalue weighted by molar-refractivity contribution is 5.13. The van der Waals surface area contributed by atoms with Crippen molar-refractivity contribution in [2.24, 2.45) is 0 Å². The van der Waals surface area contributed by atoms with Crippen LogP contribution in [-0.2, 0) is 6.54 Å². The first-order valence-electron chi connectivity index (χ1n) is 5.99. The van der Waals surface area contributed by atoms with Gasteiger partial charge in [-0.1, -0.05) is 6.92 Å². The molecule has 0 radical (unpaired) electrons. The van der Waals surface area contributed by atoms with E-state index in [0.29, 0.717) is 12.0 Å². The van der Waals surface area contributed by atoms with Gasteiger partial charge in [-0.2, -0.15) is 5.10 Å². The first-order valence-corrected chi connectivity index (χ1v) is 5.99. The van der Waals surface area contributed by atoms with Crippen LogP contribution in [0.3, 0.4) is 0 Å². The van der Waals surface area contributed by atoms with E-state index in [1.807, 2.05) is 10.9 Å². The second kappa shape index (κ2) is 4.35. The summed E-state index contributed by atoms with van der Waals surface area (Å²) in [6, 6.07) is 1.33. The molecular formula is C12H21N3. The molecule has 0 amide bonds. The van der Waals surface area contributed by atoms with E-state index in [-0.39, 0.29) is 0 Å². The maximum absolute atomic E-state index is 4.32. The van der Waals surface area contributed by atoms with Gasteiger partial charge in [0, 0.05) is 24.8 Å². The second-order valence-electron chi connectivity index (χ2n) is 4.65. The lowest BCUT2D eigenvalue weighted by atomic mass is 9.97. The maximum atomic E-state index is 4.32. The van der Waals surface area contributed by atoms with Crippen molar-refractivity contribution in [1.29, 1.82) is 0 Å². The Bertz CT molecular complexity index is 314. The fourth-order valence-corrected chi connectivity index (χ4v) is 1.84. The molecule has 1 fully saturated rings. The third-order valence-electron chi connectivity index (χ3n) is 3.33. The Balaban J connectivity index is 1.95. The van der Waals surface area contributed by atoms with Crippen molar-refractivity contribution in [2.45, 2.75) is 58.2 Å². The van der Waals surface area contributed by atoms with E-state index in [2.05, 4.69) is 37.4 Å². The summed E-state index contributed by atoms with van der Waals surface area (Å²) in [4.78, 5) is 0. The monoisotopic (exact) mass is 207 g/mol. The van der Waals surface area contributed by atoms with Gasteiger partial charge in [0.05, 0.1) is 6.20 Å². The predicted molar refractivity (Wildman–Crippen MR) is 61.9 cm³/mol. The van der Waals surface area contributed by atoms with Gasteiger partial charge in [-0.05, 0) is 38.2 Å². The van der Waals surface area contributed by atoms with Crippen molar-refractivity contribution in [3.05, 3.63) is 18.0 Å². The van der Waals surface area contributed by atoms with E-state index in [1.165, 1.54) is 18.4 Å². The zero-order valence-corrected chi connectivity index (χ0v) is 9.90. The van der Waals surface area contributed by atoms with Crippen LogP contribution in [0.2, 0.25) is 0 Å². The molecule has 3 nitrogen and oxygen atoms in total. The summed E-state index contributed by atoms with van der Waals surface area (Å²) in [5.41, 5.74) is 1.34. The van der Waals surface area contributed by atoms with Crippen LogP contribution in [0, 0.1) is 0 Å². The van der Waals surface area contributed by atoms with Gasteiger partial charge in [-0.15, -0.1) is 0 Å². The minimum absolute atomic E-state index is 0.547. The highest BCUT2D eigenvalue weighted by Crippen LogP contribution is 2.24. The Labute approximate surface area is 91.9 Å². The maximum Gasteiger partial charge on any atom is 0.0525 e. The second-order valence-corrected chi connectivity index (χ2v) is 4.65. The molecule has 1 aliphatic rings. The molecule has 1 heterocycles. The van der Waals surface area contributed by atoms with Gasteiger partial charge in [-0.25, -0.2) is 0 Å². The van der Waals surface area contributed by atoms with Gasteiger partial charge >= 0.3 is 0 Å². The van der Waals surface area contributed by atoms with E-state index < -0.39 is 0 Å². The molecule has 0 aliphatic heterocycles. The highest BCUT2D eigenvalue weighted by atomic mass is 15.3. The molecule has 1 N–H and O–H groups in total. The van der Waals surface area contributed by atoms with E-state index in [1.54, 1.807) is 0 Å². The number of aryl methyl sites for hydroxylation is 1. The van der Waals surface area contributed by atoms with Crippen molar-refractivity contribution >= 4 is 0 Å². The standard InChI is InChI=1S/C12H21N3/c1-4-15-8-11(7-13-15)9(2)10(3)14-12-5-6-12/h7-10,12,14H,4-6H2,1-3H3. The molecule has 1 aliphatic carbocycles. The molecule has 1 saturated carbocycles. The molecule has 0 aromatic carbocycles. The highest BCUT2D eigenvalue weighted by Gasteiger charge is 2.25. The lowest BCUT2D eigenvalue weighted by Crippen LogP contribution is -2.32. The molecular weight excluding hydrogens is 186 g/mol. The van der Waals surface area contributed by atoms with Gasteiger partial charge < -0.3 is 5.32 Å². The first-order chi connectivity index (χ1) is 7.20. The van der Waals surface area contributed by atoms with E-state index >= 15 is 0 Å². The molecule has 2 rings (SSSR count). The van der Waals surface area contributed by atoms with Crippen molar-refractivity contribution in [1.82, 2.24) is 15.1 Å². The first kappa shape index (κ1) is 10.7. The molecule has 3 heteroatoms. The van der Waals surface area contributed by atoms with Crippen LogP contribution in [-0.4, -0.2) is 21.9 Å². The van der Waals surface area contributed by atoms with E-state index in [9.17, 15) is 0 Å². The van der Waals surface area contributed by atoms with Crippen molar-refractivity contribution in [3.8, 4) is 0 Å². The lowest BCUT2D eigenvalue weighted by Gasteiger charge is -2.19. The van der Waals surface area contributed by atoms with Crippen molar-refractivity contribution in [2.75, 3.05) is 0 Å². The van der Waals surface area contributed by atoms with Gasteiger partial charge in [0.15, 0.2) is 0 Å². The SMILES string of the molecule is CCn1cc(C(C)C(C)NC2CC2)cn1.